The molecular formula is C14H19N3O. The predicted molar refractivity (Wildman–Crippen MR) is 72.2 cm³/mol. The van der Waals surface area contributed by atoms with Gasteiger partial charge in [-0.05, 0) is 19.1 Å². The summed E-state index contributed by atoms with van der Waals surface area (Å²) >= 11 is 0. The van der Waals surface area contributed by atoms with Gasteiger partial charge in [0.05, 0.1) is 19.0 Å². The van der Waals surface area contributed by atoms with Crippen molar-refractivity contribution in [3.05, 3.63) is 30.3 Å². The molecule has 0 saturated heterocycles. The Morgan fingerprint density at radius 3 is 2.56 bits per heavy atom. The fraction of sp³-hybridized carbons (Fsp3) is 0.429. The molecule has 0 aliphatic rings. The zero-order valence-corrected chi connectivity index (χ0v) is 11.0. The highest BCUT2D eigenvalue weighted by molar-refractivity contribution is 5.81. The third-order valence-electron chi connectivity index (χ3n) is 2.84. The first-order valence-corrected chi connectivity index (χ1v) is 6.10. The number of nitriles is 1. The lowest BCUT2D eigenvalue weighted by atomic mass is 10.2. The molecule has 96 valence electrons. The smallest absolute Gasteiger partial charge is 0.241 e. The van der Waals surface area contributed by atoms with Crippen LogP contribution in [-0.2, 0) is 4.79 Å². The third kappa shape index (κ3) is 4.10. The monoisotopic (exact) mass is 245 g/mol. The Hall–Kier alpha value is -2.02. The van der Waals surface area contributed by atoms with E-state index in [0.29, 0.717) is 26.1 Å². The number of rotatable bonds is 6. The van der Waals surface area contributed by atoms with Gasteiger partial charge in [0.1, 0.15) is 0 Å². The molecule has 0 aliphatic carbocycles. The van der Waals surface area contributed by atoms with E-state index in [9.17, 15) is 4.79 Å². The lowest BCUT2D eigenvalue weighted by Crippen LogP contribution is -2.38. The molecule has 18 heavy (non-hydrogen) atoms. The largest absolute Gasteiger partial charge is 0.361 e. The molecule has 4 heteroatoms. The SMILES string of the molecule is CCN(C)C(=O)CN(CCC#N)c1ccccc1. The number of hydrogen-bond donors (Lipinski definition) is 0. The highest BCUT2D eigenvalue weighted by Crippen LogP contribution is 2.13. The highest BCUT2D eigenvalue weighted by Gasteiger charge is 2.13. The predicted octanol–water partition coefficient (Wildman–Crippen LogP) is 1.88. The number of para-hydroxylation sites is 1. The molecule has 0 spiro atoms. The molecule has 0 bridgehead atoms. The van der Waals surface area contributed by atoms with Gasteiger partial charge in [-0.15, -0.1) is 0 Å². The van der Waals surface area contributed by atoms with Gasteiger partial charge in [-0.2, -0.15) is 5.26 Å². The second kappa shape index (κ2) is 7.33. The van der Waals surface area contributed by atoms with Gasteiger partial charge < -0.3 is 9.80 Å². The van der Waals surface area contributed by atoms with Crippen LogP contribution in [0.25, 0.3) is 0 Å². The van der Waals surface area contributed by atoms with Crippen molar-refractivity contribution in [2.45, 2.75) is 13.3 Å². The van der Waals surface area contributed by atoms with Crippen molar-refractivity contribution in [1.82, 2.24) is 4.90 Å². The molecule has 0 aliphatic heterocycles. The molecule has 0 fully saturated rings. The molecule has 1 rings (SSSR count). The molecule has 4 nitrogen and oxygen atoms in total. The van der Waals surface area contributed by atoms with Gasteiger partial charge in [-0.1, -0.05) is 18.2 Å². The van der Waals surface area contributed by atoms with E-state index in [4.69, 9.17) is 5.26 Å². The molecule has 0 unspecified atom stereocenters. The minimum atomic E-state index is 0.0688. The minimum Gasteiger partial charge on any atom is -0.361 e. The summed E-state index contributed by atoms with van der Waals surface area (Å²) in [5.41, 5.74) is 0.977. The van der Waals surface area contributed by atoms with Crippen LogP contribution < -0.4 is 4.90 Å². The second-order valence-electron chi connectivity index (χ2n) is 4.07. The fourth-order valence-corrected chi connectivity index (χ4v) is 1.58. The maximum atomic E-state index is 11.9. The topological polar surface area (TPSA) is 47.3 Å². The van der Waals surface area contributed by atoms with Crippen LogP contribution in [0.1, 0.15) is 13.3 Å². The zero-order chi connectivity index (χ0) is 13.4. The van der Waals surface area contributed by atoms with Crippen LogP contribution in [0.3, 0.4) is 0 Å². The number of carbonyl (C=O) groups is 1. The van der Waals surface area contributed by atoms with Crippen molar-refractivity contribution >= 4 is 11.6 Å². The van der Waals surface area contributed by atoms with Gasteiger partial charge in [-0.3, -0.25) is 4.79 Å². The summed E-state index contributed by atoms with van der Waals surface area (Å²) in [5.74, 6) is 0.0688. The number of benzene rings is 1. The van der Waals surface area contributed by atoms with Gasteiger partial charge in [0.25, 0.3) is 0 Å². The lowest BCUT2D eigenvalue weighted by molar-refractivity contribution is -0.128. The van der Waals surface area contributed by atoms with E-state index in [1.54, 1.807) is 11.9 Å². The fourth-order valence-electron chi connectivity index (χ4n) is 1.58. The Morgan fingerprint density at radius 2 is 2.00 bits per heavy atom. The third-order valence-corrected chi connectivity index (χ3v) is 2.84. The molecule has 1 aromatic carbocycles. The number of hydrogen-bond acceptors (Lipinski definition) is 3. The van der Waals surface area contributed by atoms with Crippen LogP contribution >= 0.6 is 0 Å². The van der Waals surface area contributed by atoms with E-state index in [0.717, 1.165) is 5.69 Å². The van der Waals surface area contributed by atoms with Crippen molar-refractivity contribution in [2.24, 2.45) is 0 Å². The molecule has 0 atom stereocenters. The van der Waals surface area contributed by atoms with E-state index in [1.165, 1.54) is 0 Å². The van der Waals surface area contributed by atoms with E-state index in [2.05, 4.69) is 6.07 Å². The standard InChI is InChI=1S/C14H19N3O/c1-3-16(2)14(18)12-17(11-7-10-15)13-8-5-4-6-9-13/h4-6,8-9H,3,7,11-12H2,1-2H3. The van der Waals surface area contributed by atoms with Crippen molar-refractivity contribution < 1.29 is 4.79 Å². The van der Waals surface area contributed by atoms with E-state index < -0.39 is 0 Å². The average molecular weight is 245 g/mol. The summed E-state index contributed by atoms with van der Waals surface area (Å²) in [4.78, 5) is 15.5. The number of amides is 1. The quantitative estimate of drug-likeness (QED) is 0.769. The Morgan fingerprint density at radius 1 is 1.33 bits per heavy atom. The van der Waals surface area contributed by atoms with Crippen LogP contribution in [-0.4, -0.2) is 37.5 Å². The molecule has 1 amide bonds. The second-order valence-corrected chi connectivity index (χ2v) is 4.07. The zero-order valence-electron chi connectivity index (χ0n) is 11.0. The van der Waals surface area contributed by atoms with Crippen molar-refractivity contribution in [1.29, 1.82) is 5.26 Å². The number of carbonyl (C=O) groups excluding carboxylic acids is 1. The molecule has 0 aromatic heterocycles. The summed E-state index contributed by atoms with van der Waals surface area (Å²) in [6.45, 7) is 3.53. The maximum Gasteiger partial charge on any atom is 0.241 e. The first-order chi connectivity index (χ1) is 8.69. The van der Waals surface area contributed by atoms with Crippen molar-refractivity contribution in [2.75, 3.05) is 31.6 Å². The van der Waals surface area contributed by atoms with Crippen molar-refractivity contribution in [3.8, 4) is 6.07 Å². The van der Waals surface area contributed by atoms with Gasteiger partial charge in [0, 0.05) is 25.8 Å². The molecule has 0 saturated carbocycles. The van der Waals surface area contributed by atoms with Gasteiger partial charge in [0.2, 0.25) is 5.91 Å². The number of likely N-dealkylation sites (N-methyl/N-ethyl adjacent to an activating group) is 1. The Balaban J connectivity index is 2.74. The van der Waals surface area contributed by atoms with Crippen LogP contribution in [0, 0.1) is 11.3 Å². The number of anilines is 1. The van der Waals surface area contributed by atoms with Gasteiger partial charge in [0.15, 0.2) is 0 Å². The van der Waals surface area contributed by atoms with Crippen LogP contribution in [0.4, 0.5) is 5.69 Å². The Labute approximate surface area is 108 Å². The average Bonchev–Trinajstić information content (AvgIpc) is 2.43. The Bertz CT molecular complexity index is 411. The normalized spacial score (nSPS) is 9.61. The summed E-state index contributed by atoms with van der Waals surface area (Å²) in [6.07, 6.45) is 0.415. The van der Waals surface area contributed by atoms with E-state index in [-0.39, 0.29) is 5.91 Å². The first kappa shape index (κ1) is 14.0. The molecule has 0 heterocycles. The van der Waals surface area contributed by atoms with E-state index in [1.807, 2.05) is 42.2 Å². The van der Waals surface area contributed by atoms with Crippen LogP contribution in [0.5, 0.6) is 0 Å². The molecular weight excluding hydrogens is 226 g/mol. The summed E-state index contributed by atoms with van der Waals surface area (Å²) < 4.78 is 0. The Kier molecular flexibility index (Phi) is 5.72. The van der Waals surface area contributed by atoms with Crippen LogP contribution in [0.2, 0.25) is 0 Å². The van der Waals surface area contributed by atoms with E-state index >= 15 is 0 Å². The molecule has 1 aromatic rings. The summed E-state index contributed by atoms with van der Waals surface area (Å²) in [6, 6.07) is 11.8. The van der Waals surface area contributed by atoms with Gasteiger partial charge >= 0.3 is 0 Å². The molecule has 0 N–H and O–H groups in total. The summed E-state index contributed by atoms with van der Waals surface area (Å²) in [7, 11) is 1.79. The van der Waals surface area contributed by atoms with Gasteiger partial charge in [-0.25, -0.2) is 0 Å². The molecule has 0 radical (unpaired) electrons. The number of nitrogens with zero attached hydrogens (tertiary/aromatic N) is 3. The summed E-state index contributed by atoms with van der Waals surface area (Å²) in [5, 5.41) is 8.68. The first-order valence-electron chi connectivity index (χ1n) is 6.10. The minimum absolute atomic E-state index is 0.0688. The maximum absolute atomic E-state index is 11.9. The van der Waals surface area contributed by atoms with Crippen LogP contribution in [0.15, 0.2) is 30.3 Å². The lowest BCUT2D eigenvalue weighted by Gasteiger charge is -2.25. The highest BCUT2D eigenvalue weighted by atomic mass is 16.2. The van der Waals surface area contributed by atoms with Crippen molar-refractivity contribution in [3.63, 3.8) is 0 Å².